The van der Waals surface area contributed by atoms with E-state index in [4.69, 9.17) is 0 Å². The van der Waals surface area contributed by atoms with Crippen LogP contribution in [0.4, 0.5) is 23.1 Å². The van der Waals surface area contributed by atoms with E-state index in [0.29, 0.717) is 11.8 Å². The van der Waals surface area contributed by atoms with Gasteiger partial charge in [-0.05, 0) is 41.2 Å². The average Bonchev–Trinajstić information content (AvgIpc) is 2.62. The number of rotatable bonds is 5. The summed E-state index contributed by atoms with van der Waals surface area (Å²) in [5, 5.41) is 14.7. The van der Waals surface area contributed by atoms with Crippen molar-refractivity contribution in [3.63, 3.8) is 0 Å². The molecule has 0 radical (unpaired) electrons. The highest BCUT2D eigenvalue weighted by atomic mass is 15.3. The molecule has 0 unspecified atom stereocenters. The summed E-state index contributed by atoms with van der Waals surface area (Å²) in [6.07, 6.45) is 2.65. The molecule has 5 nitrogen and oxygen atoms in total. The van der Waals surface area contributed by atoms with Gasteiger partial charge in [0, 0.05) is 11.4 Å². The van der Waals surface area contributed by atoms with Gasteiger partial charge in [0.1, 0.15) is 0 Å². The molecule has 0 aliphatic carbocycles. The Morgan fingerprint density at radius 1 is 0.923 bits per heavy atom. The minimum Gasteiger partial charge on any atom is -0.339 e. The molecule has 134 valence electrons. The van der Waals surface area contributed by atoms with Crippen molar-refractivity contribution < 1.29 is 0 Å². The number of aromatic nitrogens is 3. The lowest BCUT2D eigenvalue weighted by molar-refractivity contribution is 0.592. The maximum Gasteiger partial charge on any atom is 0.249 e. The number of nitrogens with zero attached hydrogens (tertiary/aromatic N) is 3. The van der Waals surface area contributed by atoms with Crippen LogP contribution < -0.4 is 10.6 Å². The first-order chi connectivity index (χ1) is 12.5. The van der Waals surface area contributed by atoms with Gasteiger partial charge in [-0.2, -0.15) is 10.1 Å². The molecule has 0 aliphatic rings. The molecule has 5 heteroatoms. The standard InChI is InChI=1S/C21H25N5/c1-5-15-10-12-16(13-11-15)23-20-25-19(14-22-26-20)24-18-9-7-6-8-17(18)21(2,3)4/h6-14H,5H2,1-4H3,(H2,23,24,25,26). The first-order valence-corrected chi connectivity index (χ1v) is 8.88. The van der Waals surface area contributed by atoms with E-state index >= 15 is 0 Å². The Labute approximate surface area is 154 Å². The number of aryl methyl sites for hydroxylation is 1. The van der Waals surface area contributed by atoms with Gasteiger partial charge in [-0.15, -0.1) is 5.10 Å². The van der Waals surface area contributed by atoms with E-state index in [2.05, 4.69) is 83.8 Å². The Morgan fingerprint density at radius 2 is 1.65 bits per heavy atom. The van der Waals surface area contributed by atoms with Crippen LogP contribution in [0.5, 0.6) is 0 Å². The van der Waals surface area contributed by atoms with Crippen LogP contribution in [-0.4, -0.2) is 15.2 Å². The Bertz CT molecular complexity index is 866. The molecule has 2 N–H and O–H groups in total. The highest BCUT2D eigenvalue weighted by molar-refractivity contribution is 5.63. The SMILES string of the molecule is CCc1ccc(Nc2nncc(Nc3ccccc3C(C)(C)C)n2)cc1. The Balaban J connectivity index is 1.80. The van der Waals surface area contributed by atoms with E-state index in [9.17, 15) is 0 Å². The van der Waals surface area contributed by atoms with Crippen LogP contribution in [0, 0.1) is 0 Å². The third-order valence-electron chi connectivity index (χ3n) is 4.17. The van der Waals surface area contributed by atoms with Crippen LogP contribution in [0.25, 0.3) is 0 Å². The van der Waals surface area contributed by atoms with Crippen LogP contribution in [0.1, 0.15) is 38.8 Å². The molecule has 0 atom stereocenters. The molecule has 0 fully saturated rings. The molecular weight excluding hydrogens is 322 g/mol. The van der Waals surface area contributed by atoms with Crippen LogP contribution in [-0.2, 0) is 11.8 Å². The molecule has 2 aromatic carbocycles. The van der Waals surface area contributed by atoms with Gasteiger partial charge in [-0.25, -0.2) is 0 Å². The van der Waals surface area contributed by atoms with Crippen molar-refractivity contribution in [3.8, 4) is 0 Å². The van der Waals surface area contributed by atoms with Crippen LogP contribution in [0.2, 0.25) is 0 Å². The van der Waals surface area contributed by atoms with E-state index in [0.717, 1.165) is 17.8 Å². The van der Waals surface area contributed by atoms with Crippen LogP contribution >= 0.6 is 0 Å². The minimum absolute atomic E-state index is 0.0339. The predicted octanol–water partition coefficient (Wildman–Crippen LogP) is 5.22. The summed E-state index contributed by atoms with van der Waals surface area (Å²) in [5.74, 6) is 1.12. The smallest absolute Gasteiger partial charge is 0.249 e. The largest absolute Gasteiger partial charge is 0.339 e. The van der Waals surface area contributed by atoms with E-state index in [1.54, 1.807) is 6.20 Å². The monoisotopic (exact) mass is 347 g/mol. The van der Waals surface area contributed by atoms with Crippen molar-refractivity contribution in [2.45, 2.75) is 39.5 Å². The molecular formula is C21H25N5. The number of benzene rings is 2. The average molecular weight is 347 g/mol. The fraction of sp³-hybridized carbons (Fsp3) is 0.286. The van der Waals surface area contributed by atoms with Gasteiger partial charge in [0.15, 0.2) is 5.82 Å². The second-order valence-electron chi connectivity index (χ2n) is 7.26. The summed E-state index contributed by atoms with van der Waals surface area (Å²) in [4.78, 5) is 4.53. The highest BCUT2D eigenvalue weighted by Gasteiger charge is 2.17. The summed E-state index contributed by atoms with van der Waals surface area (Å²) < 4.78 is 0. The van der Waals surface area contributed by atoms with E-state index in [1.165, 1.54) is 11.1 Å². The molecule has 26 heavy (non-hydrogen) atoms. The van der Waals surface area contributed by atoms with Gasteiger partial charge in [0.2, 0.25) is 5.95 Å². The van der Waals surface area contributed by atoms with Crippen LogP contribution in [0.15, 0.2) is 54.7 Å². The number of anilines is 4. The van der Waals surface area contributed by atoms with Gasteiger partial charge < -0.3 is 10.6 Å². The summed E-state index contributed by atoms with van der Waals surface area (Å²) in [5.41, 5.74) is 4.52. The number of hydrogen-bond donors (Lipinski definition) is 2. The molecule has 0 saturated heterocycles. The van der Waals surface area contributed by atoms with Gasteiger partial charge in [0.05, 0.1) is 6.20 Å². The molecule has 0 aliphatic heterocycles. The van der Waals surface area contributed by atoms with Crippen molar-refractivity contribution in [2.75, 3.05) is 10.6 Å². The van der Waals surface area contributed by atoms with Gasteiger partial charge in [-0.3, -0.25) is 0 Å². The lowest BCUT2D eigenvalue weighted by atomic mass is 9.86. The summed E-state index contributed by atoms with van der Waals surface area (Å²) in [6, 6.07) is 16.5. The summed E-state index contributed by atoms with van der Waals surface area (Å²) in [6.45, 7) is 8.72. The Kier molecular flexibility index (Phi) is 5.16. The zero-order valence-corrected chi connectivity index (χ0v) is 15.7. The topological polar surface area (TPSA) is 62.7 Å². The highest BCUT2D eigenvalue weighted by Crippen LogP contribution is 2.30. The molecule has 3 rings (SSSR count). The Morgan fingerprint density at radius 3 is 2.35 bits per heavy atom. The maximum atomic E-state index is 4.53. The van der Waals surface area contributed by atoms with Crippen molar-refractivity contribution in [1.82, 2.24) is 15.2 Å². The number of para-hydroxylation sites is 1. The zero-order chi connectivity index (χ0) is 18.6. The van der Waals surface area contributed by atoms with E-state index < -0.39 is 0 Å². The fourth-order valence-electron chi connectivity index (χ4n) is 2.75. The van der Waals surface area contributed by atoms with Gasteiger partial charge >= 0.3 is 0 Å². The number of nitrogens with one attached hydrogen (secondary N) is 2. The summed E-state index contributed by atoms with van der Waals surface area (Å²) in [7, 11) is 0. The Hall–Kier alpha value is -2.95. The lowest BCUT2D eigenvalue weighted by Crippen LogP contribution is -2.14. The van der Waals surface area contributed by atoms with Crippen LogP contribution in [0.3, 0.4) is 0 Å². The third kappa shape index (κ3) is 4.36. The second-order valence-corrected chi connectivity index (χ2v) is 7.26. The molecule has 0 spiro atoms. The molecule has 1 aromatic heterocycles. The predicted molar refractivity (Wildman–Crippen MR) is 107 cm³/mol. The molecule has 0 amide bonds. The van der Waals surface area contributed by atoms with Gasteiger partial charge in [0.25, 0.3) is 0 Å². The lowest BCUT2D eigenvalue weighted by Gasteiger charge is -2.23. The number of hydrogen-bond acceptors (Lipinski definition) is 5. The van der Waals surface area contributed by atoms with Crippen molar-refractivity contribution in [2.24, 2.45) is 0 Å². The first kappa shape index (κ1) is 17.9. The maximum absolute atomic E-state index is 4.53. The molecule has 3 aromatic rings. The first-order valence-electron chi connectivity index (χ1n) is 8.88. The summed E-state index contributed by atoms with van der Waals surface area (Å²) >= 11 is 0. The fourth-order valence-corrected chi connectivity index (χ4v) is 2.75. The zero-order valence-electron chi connectivity index (χ0n) is 15.7. The quantitative estimate of drug-likeness (QED) is 0.662. The van der Waals surface area contributed by atoms with Crippen molar-refractivity contribution >= 4 is 23.1 Å². The normalized spacial score (nSPS) is 11.2. The molecule has 1 heterocycles. The minimum atomic E-state index is 0.0339. The second kappa shape index (κ2) is 7.52. The van der Waals surface area contributed by atoms with E-state index in [1.807, 2.05) is 18.2 Å². The molecule has 0 bridgehead atoms. The third-order valence-corrected chi connectivity index (χ3v) is 4.17. The van der Waals surface area contributed by atoms with Gasteiger partial charge in [-0.1, -0.05) is 58.0 Å². The van der Waals surface area contributed by atoms with Crippen molar-refractivity contribution in [1.29, 1.82) is 0 Å². The molecule has 0 saturated carbocycles. The van der Waals surface area contributed by atoms with Crippen molar-refractivity contribution in [3.05, 3.63) is 65.9 Å². The van der Waals surface area contributed by atoms with E-state index in [-0.39, 0.29) is 5.41 Å².